The van der Waals surface area contributed by atoms with Gasteiger partial charge in [0.15, 0.2) is 5.78 Å². The van der Waals surface area contributed by atoms with Crippen molar-refractivity contribution in [3.63, 3.8) is 0 Å². The van der Waals surface area contributed by atoms with E-state index < -0.39 is 0 Å². The van der Waals surface area contributed by atoms with Crippen molar-refractivity contribution in [2.45, 2.75) is 0 Å². The van der Waals surface area contributed by atoms with E-state index in [4.69, 9.17) is 11.6 Å². The van der Waals surface area contributed by atoms with Gasteiger partial charge in [-0.3, -0.25) is 4.79 Å². The normalized spacial score (nSPS) is 11.6. The topological polar surface area (TPSA) is 22.0 Å². The second-order valence-electron chi connectivity index (χ2n) is 6.06. The third-order valence-electron chi connectivity index (χ3n) is 4.50. The van der Waals surface area contributed by atoms with Gasteiger partial charge in [-0.25, -0.2) is 0 Å². The second kappa shape index (κ2) is 6.23. The number of rotatable bonds is 3. The first-order valence-electron chi connectivity index (χ1n) is 8.08. The lowest BCUT2D eigenvalue weighted by Gasteiger charge is -2.00. The molecule has 0 unspecified atom stereocenters. The number of aryl methyl sites for hydroxylation is 1. The van der Waals surface area contributed by atoms with Gasteiger partial charge in [0.1, 0.15) is 0 Å². The largest absolute Gasteiger partial charge is 0.344 e. The van der Waals surface area contributed by atoms with E-state index in [9.17, 15) is 4.79 Å². The van der Waals surface area contributed by atoms with Crippen LogP contribution in [0.3, 0.4) is 0 Å². The van der Waals surface area contributed by atoms with Crippen LogP contribution in [0.25, 0.3) is 27.9 Å². The van der Waals surface area contributed by atoms with Crippen LogP contribution in [0.5, 0.6) is 0 Å². The monoisotopic (exact) mass is 345 g/mol. The minimum atomic E-state index is -0.00946. The Bertz CT molecular complexity index is 1120. The van der Waals surface area contributed by atoms with Crippen molar-refractivity contribution in [3.05, 3.63) is 89.0 Å². The first-order valence-corrected chi connectivity index (χ1v) is 8.46. The molecule has 3 aromatic carbocycles. The zero-order valence-electron chi connectivity index (χ0n) is 13.7. The van der Waals surface area contributed by atoms with E-state index in [0.29, 0.717) is 10.6 Å². The summed E-state index contributed by atoms with van der Waals surface area (Å²) < 4.78 is 2.16. The highest BCUT2D eigenvalue weighted by molar-refractivity contribution is 6.30. The average molecular weight is 346 g/mol. The van der Waals surface area contributed by atoms with Gasteiger partial charge in [0.25, 0.3) is 0 Å². The van der Waals surface area contributed by atoms with Crippen molar-refractivity contribution in [2.24, 2.45) is 7.05 Å². The van der Waals surface area contributed by atoms with E-state index in [1.807, 2.05) is 67.7 Å². The molecular formula is C22H16ClNO. The summed E-state index contributed by atoms with van der Waals surface area (Å²) in [5.41, 5.74) is 3.93. The summed E-state index contributed by atoms with van der Waals surface area (Å²) in [7, 11) is 2.05. The van der Waals surface area contributed by atoms with Crippen molar-refractivity contribution in [2.75, 3.05) is 0 Å². The number of allylic oxidation sites excluding steroid dienone is 1. The first kappa shape index (κ1) is 15.7. The van der Waals surface area contributed by atoms with Gasteiger partial charge < -0.3 is 4.57 Å². The molecule has 0 aliphatic rings. The third-order valence-corrected chi connectivity index (χ3v) is 4.75. The SMILES string of the molecule is Cn1c2ccccc2c2cc(C(=O)/C=C/c3ccc(Cl)cc3)ccc21. The summed E-state index contributed by atoms with van der Waals surface area (Å²) in [6, 6.07) is 21.5. The van der Waals surface area contributed by atoms with Gasteiger partial charge in [-0.1, -0.05) is 48.0 Å². The van der Waals surface area contributed by atoms with Crippen molar-refractivity contribution < 1.29 is 4.79 Å². The number of hydrogen-bond donors (Lipinski definition) is 0. The van der Waals surface area contributed by atoms with Crippen molar-refractivity contribution in [1.82, 2.24) is 4.57 Å². The quantitative estimate of drug-likeness (QED) is 0.335. The van der Waals surface area contributed by atoms with Gasteiger partial charge in [0.05, 0.1) is 0 Å². The molecule has 0 bridgehead atoms. The van der Waals surface area contributed by atoms with Crippen molar-refractivity contribution >= 4 is 45.3 Å². The Labute approximate surface area is 151 Å². The molecule has 0 aliphatic heterocycles. The lowest BCUT2D eigenvalue weighted by atomic mass is 10.1. The molecule has 1 aromatic heterocycles. The number of halogens is 1. The van der Waals surface area contributed by atoms with Gasteiger partial charge in [-0.05, 0) is 48.0 Å². The number of nitrogens with zero attached hydrogens (tertiary/aromatic N) is 1. The maximum atomic E-state index is 12.6. The standard InChI is InChI=1S/C22H16ClNO/c1-24-20-5-3-2-4-18(20)19-14-16(9-12-21(19)24)22(25)13-8-15-6-10-17(23)11-7-15/h2-14H,1H3/b13-8+. The summed E-state index contributed by atoms with van der Waals surface area (Å²) in [4.78, 5) is 12.6. The average Bonchev–Trinajstić information content (AvgIpc) is 2.93. The third kappa shape index (κ3) is 2.86. The molecule has 0 aliphatic carbocycles. The fourth-order valence-corrected chi connectivity index (χ4v) is 3.29. The van der Waals surface area contributed by atoms with Gasteiger partial charge in [0.2, 0.25) is 0 Å². The fourth-order valence-electron chi connectivity index (χ4n) is 3.16. The van der Waals surface area contributed by atoms with Crippen LogP contribution in [0.2, 0.25) is 5.02 Å². The van der Waals surface area contributed by atoms with E-state index in [1.54, 1.807) is 6.08 Å². The number of benzene rings is 3. The summed E-state index contributed by atoms with van der Waals surface area (Å²) >= 11 is 5.88. The minimum Gasteiger partial charge on any atom is -0.344 e. The maximum absolute atomic E-state index is 12.6. The smallest absolute Gasteiger partial charge is 0.185 e. The van der Waals surface area contributed by atoms with E-state index in [0.717, 1.165) is 21.9 Å². The predicted molar refractivity (Wildman–Crippen MR) is 105 cm³/mol. The first-order chi connectivity index (χ1) is 12.1. The van der Waals surface area contributed by atoms with Crippen LogP contribution in [0.1, 0.15) is 15.9 Å². The molecule has 25 heavy (non-hydrogen) atoms. The van der Waals surface area contributed by atoms with Crippen LogP contribution in [0.15, 0.2) is 72.8 Å². The molecular weight excluding hydrogens is 330 g/mol. The van der Waals surface area contributed by atoms with E-state index in [-0.39, 0.29) is 5.78 Å². The molecule has 1 heterocycles. The molecule has 0 N–H and O–H groups in total. The van der Waals surface area contributed by atoms with Crippen LogP contribution in [-0.2, 0) is 7.05 Å². The van der Waals surface area contributed by atoms with Crippen LogP contribution in [-0.4, -0.2) is 10.4 Å². The maximum Gasteiger partial charge on any atom is 0.185 e. The van der Waals surface area contributed by atoms with Crippen molar-refractivity contribution in [1.29, 1.82) is 0 Å². The highest BCUT2D eigenvalue weighted by Gasteiger charge is 2.10. The summed E-state index contributed by atoms with van der Waals surface area (Å²) in [6.07, 6.45) is 3.42. The molecule has 0 fully saturated rings. The number of fused-ring (bicyclic) bond motifs is 3. The van der Waals surface area contributed by atoms with Gasteiger partial charge in [-0.15, -0.1) is 0 Å². The van der Waals surface area contributed by atoms with Crippen molar-refractivity contribution in [3.8, 4) is 0 Å². The Morgan fingerprint density at radius 3 is 2.44 bits per heavy atom. The molecule has 4 rings (SSSR count). The molecule has 0 saturated heterocycles. The zero-order chi connectivity index (χ0) is 17.4. The molecule has 0 atom stereocenters. The highest BCUT2D eigenvalue weighted by Crippen LogP contribution is 2.28. The fraction of sp³-hybridized carbons (Fsp3) is 0.0455. The van der Waals surface area contributed by atoms with Gasteiger partial charge in [-0.2, -0.15) is 0 Å². The number of para-hydroxylation sites is 1. The van der Waals surface area contributed by atoms with Gasteiger partial charge in [0, 0.05) is 39.4 Å². The Hall–Kier alpha value is -2.84. The number of hydrogen-bond acceptors (Lipinski definition) is 1. The van der Waals surface area contributed by atoms with Crippen LogP contribution in [0.4, 0.5) is 0 Å². The second-order valence-corrected chi connectivity index (χ2v) is 6.49. The Morgan fingerprint density at radius 2 is 1.64 bits per heavy atom. The Balaban J connectivity index is 1.72. The van der Waals surface area contributed by atoms with E-state index in [1.165, 1.54) is 5.52 Å². The molecule has 4 aromatic rings. The summed E-state index contributed by atoms with van der Waals surface area (Å²) in [5.74, 6) is -0.00946. The lowest BCUT2D eigenvalue weighted by molar-refractivity contribution is 0.104. The number of carbonyl (C=O) groups excluding carboxylic acids is 1. The molecule has 3 heteroatoms. The van der Waals surface area contributed by atoms with E-state index in [2.05, 4.69) is 16.7 Å². The Kier molecular flexibility index (Phi) is 3.90. The van der Waals surface area contributed by atoms with E-state index >= 15 is 0 Å². The molecule has 122 valence electrons. The molecule has 0 radical (unpaired) electrons. The summed E-state index contributed by atoms with van der Waals surface area (Å²) in [6.45, 7) is 0. The number of carbonyl (C=O) groups is 1. The molecule has 2 nitrogen and oxygen atoms in total. The molecule has 0 saturated carbocycles. The number of ketones is 1. The highest BCUT2D eigenvalue weighted by atomic mass is 35.5. The molecule has 0 amide bonds. The van der Waals surface area contributed by atoms with Gasteiger partial charge >= 0.3 is 0 Å². The minimum absolute atomic E-state index is 0.00946. The lowest BCUT2D eigenvalue weighted by Crippen LogP contribution is -1.94. The van der Waals surface area contributed by atoms with Crippen LogP contribution in [0, 0.1) is 0 Å². The summed E-state index contributed by atoms with van der Waals surface area (Å²) in [5, 5.41) is 2.95. The van der Waals surface area contributed by atoms with Crippen LogP contribution < -0.4 is 0 Å². The Morgan fingerprint density at radius 1 is 0.920 bits per heavy atom. The van der Waals surface area contributed by atoms with Crippen LogP contribution >= 0.6 is 11.6 Å². The molecule has 0 spiro atoms. The zero-order valence-corrected chi connectivity index (χ0v) is 14.5. The predicted octanol–water partition coefficient (Wildman–Crippen LogP) is 5.88. The number of aromatic nitrogens is 1.